The Morgan fingerprint density at radius 2 is 1.88 bits per heavy atom. The first-order valence-electron chi connectivity index (χ1n) is 14.4. The highest BCUT2D eigenvalue weighted by molar-refractivity contribution is 6.31. The Morgan fingerprint density at radius 1 is 1.16 bits per heavy atom. The lowest BCUT2D eigenvalue weighted by atomic mass is 9.71. The summed E-state index contributed by atoms with van der Waals surface area (Å²) in [6.45, 7) is 3.17. The van der Waals surface area contributed by atoms with E-state index in [1.165, 1.54) is 25.3 Å². The van der Waals surface area contributed by atoms with Crippen molar-refractivity contribution in [2.75, 3.05) is 13.7 Å². The molecular formula is C30H36BNO11. The Morgan fingerprint density at radius 3 is 2.56 bits per heavy atom. The number of hydrogen-bond donors (Lipinski definition) is 5. The number of aliphatic hydroxyl groups is 2. The zero-order chi connectivity index (χ0) is 31.2. The van der Waals surface area contributed by atoms with Gasteiger partial charge >= 0.3 is 0 Å². The summed E-state index contributed by atoms with van der Waals surface area (Å²) in [6, 6.07) is 3.73. The van der Waals surface area contributed by atoms with Crippen LogP contribution in [0.4, 0.5) is 0 Å². The van der Waals surface area contributed by atoms with Crippen molar-refractivity contribution in [2.24, 2.45) is 5.73 Å². The second-order valence-electron chi connectivity index (χ2n) is 11.4. The molecule has 1 heterocycles. The number of aliphatic hydroxyl groups excluding tert-OH is 1. The van der Waals surface area contributed by atoms with Gasteiger partial charge in [0.1, 0.15) is 22.8 Å². The Balaban J connectivity index is 1.62. The van der Waals surface area contributed by atoms with E-state index in [1.54, 1.807) is 6.92 Å². The third-order valence-corrected chi connectivity index (χ3v) is 8.54. The molecule has 2 aromatic carbocycles. The van der Waals surface area contributed by atoms with Crippen LogP contribution in [-0.2, 0) is 25.3 Å². The normalized spacial score (nSPS) is 28.1. The van der Waals surface area contributed by atoms with Crippen LogP contribution in [0, 0.1) is 0 Å². The Hall–Kier alpha value is -3.33. The molecule has 2 aromatic rings. The van der Waals surface area contributed by atoms with E-state index in [9.17, 15) is 34.8 Å². The highest BCUT2D eigenvalue weighted by atomic mass is 16.7. The monoisotopic (exact) mass is 597 g/mol. The van der Waals surface area contributed by atoms with Gasteiger partial charge in [0.05, 0.1) is 48.7 Å². The summed E-state index contributed by atoms with van der Waals surface area (Å²) in [4.78, 5) is 40.8. The van der Waals surface area contributed by atoms with E-state index >= 15 is 0 Å². The number of phenolic OH excluding ortho intramolecular Hbond substituents is 2. The predicted octanol–water partition coefficient (Wildman–Crippen LogP) is 1.21. The third-order valence-electron chi connectivity index (χ3n) is 8.54. The average Bonchev–Trinajstić information content (AvgIpc) is 2.97. The Bertz CT molecular complexity index is 1450. The molecule has 2 aliphatic carbocycles. The van der Waals surface area contributed by atoms with Crippen molar-refractivity contribution in [3.8, 4) is 17.2 Å². The van der Waals surface area contributed by atoms with Crippen LogP contribution in [0.2, 0.25) is 6.32 Å². The molecular weight excluding hydrogens is 561 g/mol. The summed E-state index contributed by atoms with van der Waals surface area (Å²) < 4.78 is 22.7. The van der Waals surface area contributed by atoms with Crippen molar-refractivity contribution in [2.45, 2.75) is 82.1 Å². The Kier molecular flexibility index (Phi) is 8.67. The van der Waals surface area contributed by atoms with Gasteiger partial charge in [0.25, 0.3) is 7.48 Å². The van der Waals surface area contributed by atoms with Gasteiger partial charge in [-0.1, -0.05) is 31.8 Å². The largest absolute Gasteiger partial charge is 0.507 e. The van der Waals surface area contributed by atoms with E-state index in [0.717, 1.165) is 6.42 Å². The quantitative estimate of drug-likeness (QED) is 0.135. The standard InChI is InChI=1S/C30H36BNO11/c1-4-8-31-41-12-19(33)30(39)10-15-22(18(11-30)43-20-9-16(32)25(34)13(2)42-20)29(38)24-23(27(15)36)26(35)14-6-5-7-17(40-3)21(14)28(24)37/h5-7,13,16,18,20,25,31,34,36,38-39H,4,8-12,32H2,1-3H3/t13?,16?,18-,20?,25?,30-/m0/s1. The smallest absolute Gasteiger partial charge is 0.275 e. The maximum atomic E-state index is 13.8. The fourth-order valence-electron chi connectivity index (χ4n) is 6.15. The molecule has 6 N–H and O–H groups in total. The fourth-order valence-corrected chi connectivity index (χ4v) is 6.15. The van der Waals surface area contributed by atoms with Crippen LogP contribution in [0.5, 0.6) is 17.2 Å². The van der Waals surface area contributed by atoms with Crippen LogP contribution in [-0.4, -0.2) is 89.1 Å². The van der Waals surface area contributed by atoms with Crippen molar-refractivity contribution in [1.82, 2.24) is 0 Å². The molecule has 0 amide bonds. The minimum atomic E-state index is -2.12. The van der Waals surface area contributed by atoms with Gasteiger partial charge in [-0.05, 0) is 13.0 Å². The summed E-state index contributed by atoms with van der Waals surface area (Å²) >= 11 is 0. The van der Waals surface area contributed by atoms with Crippen molar-refractivity contribution < 1.29 is 53.7 Å². The summed E-state index contributed by atoms with van der Waals surface area (Å²) in [7, 11) is 1.65. The minimum absolute atomic E-state index is 0.0251. The highest BCUT2D eigenvalue weighted by Crippen LogP contribution is 2.52. The number of fused-ring (bicyclic) bond motifs is 3. The number of methoxy groups -OCH3 is 1. The van der Waals surface area contributed by atoms with Gasteiger partial charge in [-0.25, -0.2) is 0 Å². The molecule has 12 nitrogen and oxygen atoms in total. The first-order valence-corrected chi connectivity index (χ1v) is 14.4. The van der Waals surface area contributed by atoms with E-state index in [-0.39, 0.29) is 40.8 Å². The molecule has 0 spiro atoms. The molecule has 0 radical (unpaired) electrons. The summed E-state index contributed by atoms with van der Waals surface area (Å²) in [5.74, 6) is -3.31. The summed E-state index contributed by atoms with van der Waals surface area (Å²) in [5, 5.41) is 45.1. The zero-order valence-electron chi connectivity index (χ0n) is 24.3. The van der Waals surface area contributed by atoms with E-state index in [2.05, 4.69) is 0 Å². The number of Topliss-reactive ketones (excluding diaryl/α,β-unsaturated/α-hetero) is 1. The van der Waals surface area contributed by atoms with Crippen LogP contribution in [0.1, 0.15) is 82.2 Å². The lowest BCUT2D eigenvalue weighted by Gasteiger charge is -2.42. The molecule has 6 atom stereocenters. The van der Waals surface area contributed by atoms with Gasteiger partial charge in [-0.2, -0.15) is 0 Å². The molecule has 43 heavy (non-hydrogen) atoms. The number of carbonyl (C=O) groups is 3. The maximum absolute atomic E-state index is 13.8. The molecule has 5 rings (SSSR count). The lowest BCUT2D eigenvalue weighted by molar-refractivity contribution is -0.247. The van der Waals surface area contributed by atoms with Gasteiger partial charge in [0, 0.05) is 42.0 Å². The van der Waals surface area contributed by atoms with Crippen molar-refractivity contribution in [3.63, 3.8) is 0 Å². The number of ether oxygens (including phenoxy) is 3. The van der Waals surface area contributed by atoms with Crippen molar-refractivity contribution in [1.29, 1.82) is 0 Å². The number of phenols is 2. The molecule has 0 bridgehead atoms. The van der Waals surface area contributed by atoms with Gasteiger partial charge < -0.3 is 45.0 Å². The number of hydrogen-bond acceptors (Lipinski definition) is 12. The first-order chi connectivity index (χ1) is 20.4. The van der Waals surface area contributed by atoms with Crippen LogP contribution >= 0.6 is 0 Å². The van der Waals surface area contributed by atoms with Gasteiger partial charge in [0.2, 0.25) is 5.78 Å². The third kappa shape index (κ3) is 5.34. The number of benzene rings is 2. The van der Waals surface area contributed by atoms with E-state index in [0.29, 0.717) is 13.8 Å². The zero-order valence-corrected chi connectivity index (χ0v) is 24.3. The molecule has 0 aromatic heterocycles. The van der Waals surface area contributed by atoms with Crippen LogP contribution in [0.15, 0.2) is 18.2 Å². The molecule has 1 saturated heterocycles. The summed E-state index contributed by atoms with van der Waals surface area (Å²) in [5.41, 5.74) is 2.82. The lowest BCUT2D eigenvalue weighted by Crippen LogP contribution is -2.53. The van der Waals surface area contributed by atoms with Gasteiger partial charge in [0.15, 0.2) is 17.9 Å². The molecule has 230 valence electrons. The molecule has 4 unspecified atom stereocenters. The first kappa shape index (κ1) is 31.1. The Labute approximate surface area is 249 Å². The maximum Gasteiger partial charge on any atom is 0.275 e. The second-order valence-corrected chi connectivity index (χ2v) is 11.4. The second kappa shape index (κ2) is 12.0. The predicted molar refractivity (Wildman–Crippen MR) is 153 cm³/mol. The van der Waals surface area contributed by atoms with Crippen LogP contribution in [0.3, 0.4) is 0 Å². The number of ketones is 3. The minimum Gasteiger partial charge on any atom is -0.507 e. The van der Waals surface area contributed by atoms with Crippen molar-refractivity contribution in [3.05, 3.63) is 51.6 Å². The number of carbonyl (C=O) groups excluding carboxylic acids is 3. The molecule has 13 heteroatoms. The molecule has 1 fully saturated rings. The fraction of sp³-hybridized carbons (Fsp3) is 0.500. The number of rotatable bonds is 9. The van der Waals surface area contributed by atoms with Gasteiger partial charge in [-0.3, -0.25) is 14.4 Å². The number of nitrogens with two attached hydrogens (primary N) is 1. The molecule has 3 aliphatic rings. The average molecular weight is 597 g/mol. The van der Waals surface area contributed by atoms with Crippen molar-refractivity contribution >= 4 is 24.8 Å². The van der Waals surface area contributed by atoms with Crippen LogP contribution < -0.4 is 10.5 Å². The topological polar surface area (TPSA) is 195 Å². The van der Waals surface area contributed by atoms with E-state index in [4.69, 9.17) is 24.6 Å². The molecule has 0 saturated carbocycles. The summed E-state index contributed by atoms with van der Waals surface area (Å²) in [6.07, 6.45) is -3.23. The SMILES string of the molecule is CCCBOCC(=O)[C@]1(O)Cc2c(O)c3c(c(O)c2[C@@H](OC2CC(N)C(O)C(C)O2)C1)C(=O)c1c(OC)cccc1C3=O. The highest BCUT2D eigenvalue weighted by Gasteiger charge is 2.50. The van der Waals surface area contributed by atoms with E-state index in [1.807, 2.05) is 6.92 Å². The van der Waals surface area contributed by atoms with Gasteiger partial charge in [-0.15, -0.1) is 0 Å². The van der Waals surface area contributed by atoms with Crippen LogP contribution in [0.25, 0.3) is 0 Å². The number of aromatic hydroxyl groups is 2. The van der Waals surface area contributed by atoms with E-state index < -0.39 is 89.2 Å². The molecule has 1 aliphatic heterocycles.